The Morgan fingerprint density at radius 3 is 1.36 bits per heavy atom. The predicted octanol–water partition coefficient (Wildman–Crippen LogP) is -11.9. The first-order chi connectivity index (χ1) is 30.6. The van der Waals surface area contributed by atoms with Gasteiger partial charge >= 0.3 is 0 Å². The van der Waals surface area contributed by atoms with Crippen LogP contribution in [0, 0.1) is 0 Å². The normalized spacial score (nSPS) is 11.7. The molecule has 0 fully saturated rings. The Balaban J connectivity index is 1.28. The number of benzene rings is 7. The average Bonchev–Trinajstić information content (AvgIpc) is 3.91. The summed E-state index contributed by atoms with van der Waals surface area (Å²) in [5, 5.41) is 4.90. The summed E-state index contributed by atoms with van der Waals surface area (Å²) in [5.41, 5.74) is 27.2. The van der Waals surface area contributed by atoms with E-state index in [1.165, 1.54) is 96.9 Å². The van der Waals surface area contributed by atoms with Crippen LogP contribution in [0.15, 0.2) is 83.3 Å². The van der Waals surface area contributed by atoms with Gasteiger partial charge in [-0.2, -0.15) is 0 Å². The van der Waals surface area contributed by atoms with E-state index in [1.807, 2.05) is 11.3 Å². The lowest BCUT2D eigenvalue weighted by atomic mass is 9.64. The van der Waals surface area contributed by atoms with E-state index in [0.29, 0.717) is 17.5 Å². The van der Waals surface area contributed by atoms with Gasteiger partial charge in [0.1, 0.15) is 121 Å². The Morgan fingerprint density at radius 2 is 0.734 bits per heavy atom. The number of fused-ring (bicyclic) bond motifs is 6. The molecule has 3 heterocycles. The molecule has 3 aromatic heterocycles. The van der Waals surface area contributed by atoms with E-state index in [1.54, 1.807) is 0 Å². The van der Waals surface area contributed by atoms with Crippen LogP contribution in [0.1, 0.15) is 0 Å². The summed E-state index contributed by atoms with van der Waals surface area (Å²) in [6, 6.07) is 28.1. The van der Waals surface area contributed by atoms with Crippen molar-refractivity contribution in [3.05, 3.63) is 78.9 Å². The molecule has 0 atom stereocenters. The van der Waals surface area contributed by atoms with Gasteiger partial charge in [0.25, 0.3) is 0 Å². The largest absolute Gasteiger partial charge is 0.457 e. The highest BCUT2D eigenvalue weighted by atomic mass is 32.1. The number of furan rings is 1. The van der Waals surface area contributed by atoms with Crippen LogP contribution in [-0.4, -0.2) is 125 Å². The summed E-state index contributed by atoms with van der Waals surface area (Å²) < 4.78 is 9.54. The smallest absolute Gasteiger partial charge is 0.164 e. The molecule has 0 radical (unpaired) electrons. The number of hydrogen-bond donors (Lipinski definition) is 0. The fraction of sp³-hybridized carbons (Fsp3) is 0. The van der Waals surface area contributed by atoms with E-state index < -0.39 is 0 Å². The molecule has 0 aliphatic heterocycles. The van der Waals surface area contributed by atoms with Crippen LogP contribution in [-0.2, 0) is 0 Å². The fourth-order valence-corrected chi connectivity index (χ4v) is 11.8. The molecule has 0 unspecified atom stereocenters. The summed E-state index contributed by atoms with van der Waals surface area (Å²) >= 11 is 1.89. The summed E-state index contributed by atoms with van der Waals surface area (Å²) in [6.07, 6.45) is 0. The molecular formula is C45H41B14N3OS. The zero-order chi connectivity index (χ0) is 45.2. The van der Waals surface area contributed by atoms with Crippen molar-refractivity contribution in [2.45, 2.75) is 0 Å². The topological polar surface area (TPSA) is 51.8 Å². The van der Waals surface area contributed by atoms with Crippen molar-refractivity contribution in [3.63, 3.8) is 0 Å². The summed E-state index contributed by atoms with van der Waals surface area (Å²) in [6.45, 7) is 0. The fourth-order valence-electron chi connectivity index (χ4n) is 10.2. The van der Waals surface area contributed by atoms with Crippen molar-refractivity contribution in [2.75, 3.05) is 0 Å². The van der Waals surface area contributed by atoms with Crippen molar-refractivity contribution in [2.24, 2.45) is 0 Å². The molecule has 7 aromatic carbocycles. The van der Waals surface area contributed by atoms with E-state index in [4.69, 9.17) is 19.4 Å². The molecule has 0 amide bonds. The standard InChI is InChI=1S/C45H41B14N3OS/c46-25-20-19-23(28(49)33(54)36(57)39(19)63-40(20)37(58)34(55)31(25)52)44-60-43(16-11-9-15(10-12-16)18-8-4-7-17(13-18)14-5-2-1-3-6-14)61-45(62-44)24-29(50)30(51)26(47)21-22-27(48)32(53)35(56)38(59)42(22)64-41(21)24/h1-13H,46-59H2. The van der Waals surface area contributed by atoms with E-state index in [0.717, 1.165) is 60.7 Å². The maximum absolute atomic E-state index is 6.96. The zero-order valence-corrected chi connectivity index (χ0v) is 40.5. The summed E-state index contributed by atoms with van der Waals surface area (Å²) in [5.74, 6) is 2.00. The number of hydrogen-bond acceptors (Lipinski definition) is 5. The second-order valence-corrected chi connectivity index (χ2v) is 19.4. The highest BCUT2D eigenvalue weighted by molar-refractivity contribution is 7.28. The van der Waals surface area contributed by atoms with Crippen LogP contribution >= 0.6 is 11.3 Å². The van der Waals surface area contributed by atoms with Crippen molar-refractivity contribution in [3.8, 4) is 56.4 Å². The van der Waals surface area contributed by atoms with Crippen molar-refractivity contribution in [1.29, 1.82) is 0 Å². The molecule has 0 saturated heterocycles. The quantitative estimate of drug-likeness (QED) is 0.162. The Bertz CT molecular complexity index is 3670. The lowest BCUT2D eigenvalue weighted by Gasteiger charge is -2.18. The number of nitrogens with zero attached hydrogens (tertiary/aromatic N) is 3. The van der Waals surface area contributed by atoms with E-state index in [2.05, 4.69) is 189 Å². The molecule has 0 saturated carbocycles. The maximum atomic E-state index is 6.96. The molecule has 0 spiro atoms. The number of thiophene rings is 1. The van der Waals surface area contributed by atoms with Crippen LogP contribution in [0.3, 0.4) is 0 Å². The van der Waals surface area contributed by atoms with Crippen LogP contribution < -0.4 is 76.5 Å². The van der Waals surface area contributed by atoms with Crippen LogP contribution in [0.2, 0.25) is 0 Å². The minimum absolute atomic E-state index is 0.647. The highest BCUT2D eigenvalue weighted by Gasteiger charge is 2.28. The minimum atomic E-state index is 0.647. The third kappa shape index (κ3) is 6.27. The molecule has 290 valence electrons. The maximum Gasteiger partial charge on any atom is 0.164 e. The summed E-state index contributed by atoms with van der Waals surface area (Å²) in [7, 11) is 31.4. The molecule has 4 nitrogen and oxygen atoms in total. The predicted molar refractivity (Wildman–Crippen MR) is 322 cm³/mol. The first-order valence-electron chi connectivity index (χ1n) is 22.5. The highest BCUT2D eigenvalue weighted by Crippen LogP contribution is 2.38. The van der Waals surface area contributed by atoms with Crippen LogP contribution in [0.4, 0.5) is 0 Å². The minimum Gasteiger partial charge on any atom is -0.457 e. The monoisotopic (exact) mass is 825 g/mol. The van der Waals surface area contributed by atoms with Crippen molar-refractivity contribution < 1.29 is 4.42 Å². The molecular weight excluding hydrogens is 782 g/mol. The third-order valence-corrected chi connectivity index (χ3v) is 16.7. The van der Waals surface area contributed by atoms with Gasteiger partial charge in [-0.25, -0.2) is 15.0 Å². The number of rotatable bonds is 5. The molecule has 0 aliphatic rings. The average molecular weight is 823 g/mol. The van der Waals surface area contributed by atoms with Gasteiger partial charge in [0.05, 0.1) is 0 Å². The first-order valence-corrected chi connectivity index (χ1v) is 23.3. The molecule has 0 bridgehead atoms. The molecule has 10 aromatic rings. The van der Waals surface area contributed by atoms with Gasteiger partial charge in [0.15, 0.2) is 17.5 Å². The molecule has 0 N–H and O–H groups in total. The Hall–Kier alpha value is -5.52. The second kappa shape index (κ2) is 15.6. The van der Waals surface area contributed by atoms with Gasteiger partial charge in [-0.05, 0) is 39.1 Å². The van der Waals surface area contributed by atoms with Gasteiger partial charge in [-0.1, -0.05) is 133 Å². The SMILES string of the molecule is Bc1c(B)c(B)c2c(oc3c(B)c(B)c(B)c(-c4nc(-c5ccc(-c6cccc(-c7ccccc7)c6)cc5)nc(-c5c(B)c(B)c(B)c6c5sc5c(B)c(B)c(B)c(B)c56)n4)c32)c1B. The molecule has 64 heavy (non-hydrogen) atoms. The Morgan fingerprint density at radius 1 is 0.312 bits per heavy atom. The van der Waals surface area contributed by atoms with Gasteiger partial charge in [-0.15, -0.1) is 27.7 Å². The van der Waals surface area contributed by atoms with E-state index in [9.17, 15) is 0 Å². The van der Waals surface area contributed by atoms with Gasteiger partial charge in [0.2, 0.25) is 0 Å². The van der Waals surface area contributed by atoms with Gasteiger partial charge in [-0.3, -0.25) is 0 Å². The second-order valence-electron chi connectivity index (χ2n) is 18.4. The lowest BCUT2D eigenvalue weighted by molar-refractivity contribution is 0.675. The van der Waals surface area contributed by atoms with E-state index in [-0.39, 0.29) is 0 Å². The van der Waals surface area contributed by atoms with E-state index >= 15 is 0 Å². The van der Waals surface area contributed by atoms with Crippen molar-refractivity contribution >= 4 is 240 Å². The third-order valence-electron chi connectivity index (χ3n) is 15.3. The van der Waals surface area contributed by atoms with Crippen LogP contribution in [0.5, 0.6) is 0 Å². The summed E-state index contributed by atoms with van der Waals surface area (Å²) in [4.78, 5) is 16.6. The van der Waals surface area contributed by atoms with Crippen molar-refractivity contribution in [1.82, 2.24) is 15.0 Å². The molecule has 10 rings (SSSR count). The first kappa shape index (κ1) is 42.4. The molecule has 0 aliphatic carbocycles. The Kier molecular flexibility index (Phi) is 10.3. The van der Waals surface area contributed by atoms with Gasteiger partial charge < -0.3 is 4.42 Å². The molecule has 19 heteroatoms. The Labute approximate surface area is 392 Å². The van der Waals surface area contributed by atoms with Crippen LogP contribution in [0.25, 0.3) is 98.5 Å². The lowest BCUT2D eigenvalue weighted by Crippen LogP contribution is -2.47. The van der Waals surface area contributed by atoms with Gasteiger partial charge in [0, 0.05) is 36.9 Å². The number of aromatic nitrogens is 3. The zero-order valence-electron chi connectivity index (χ0n) is 39.7.